The normalized spacial score (nSPS) is 11.1. The van der Waals surface area contributed by atoms with Crippen molar-refractivity contribution >= 4 is 39.3 Å². The zero-order valence-electron chi connectivity index (χ0n) is 12.2. The van der Waals surface area contributed by atoms with Crippen LogP contribution in [0.4, 0.5) is 4.39 Å². The van der Waals surface area contributed by atoms with Gasteiger partial charge in [-0.25, -0.2) is 14.2 Å². The van der Waals surface area contributed by atoms with Gasteiger partial charge in [0.25, 0.3) is 0 Å². The van der Waals surface area contributed by atoms with Gasteiger partial charge in [0, 0.05) is 17.0 Å². The minimum Gasteiger partial charge on any atom is -0.456 e. The van der Waals surface area contributed by atoms with Crippen LogP contribution in [-0.4, -0.2) is 11.0 Å². The van der Waals surface area contributed by atoms with Crippen LogP contribution in [0.3, 0.4) is 0 Å². The summed E-state index contributed by atoms with van der Waals surface area (Å²) in [6, 6.07) is 9.55. The number of benzene rings is 1. The number of carbonyl (C=O) groups excluding carboxylic acids is 1. The molecule has 1 aromatic carbocycles. The molecule has 0 unspecified atom stereocenters. The second-order valence-corrected chi connectivity index (χ2v) is 6.37. The fourth-order valence-corrected chi connectivity index (χ4v) is 2.99. The Labute approximate surface area is 149 Å². The first-order valence-corrected chi connectivity index (χ1v) is 8.58. The maximum atomic E-state index is 12.9. The first kappa shape index (κ1) is 16.6. The van der Waals surface area contributed by atoms with E-state index >= 15 is 0 Å². The molecule has 0 aliphatic rings. The molecule has 2 heterocycles. The number of aromatic nitrogens is 1. The van der Waals surface area contributed by atoms with Crippen molar-refractivity contribution in [2.24, 2.45) is 0 Å². The van der Waals surface area contributed by atoms with E-state index in [2.05, 4.69) is 20.9 Å². The fourth-order valence-electron chi connectivity index (χ4n) is 1.86. The Morgan fingerprint density at radius 2 is 2.08 bits per heavy atom. The Kier molecular flexibility index (Phi) is 5.22. The second kappa shape index (κ2) is 7.55. The number of carbonyl (C=O) groups is 1. The predicted molar refractivity (Wildman–Crippen MR) is 92.7 cm³/mol. The molecule has 0 atom stereocenters. The van der Waals surface area contributed by atoms with Crippen molar-refractivity contribution in [1.29, 1.82) is 0 Å². The lowest BCUT2D eigenvalue weighted by atomic mass is 10.2. The summed E-state index contributed by atoms with van der Waals surface area (Å²) in [6.45, 7) is 0.0721. The number of furan rings is 1. The van der Waals surface area contributed by atoms with E-state index in [1.165, 1.54) is 35.6 Å². The Hall–Kier alpha value is -2.25. The smallest absolute Gasteiger partial charge is 0.331 e. The number of rotatable bonds is 5. The van der Waals surface area contributed by atoms with Gasteiger partial charge in [0.05, 0.1) is 5.69 Å². The average molecular weight is 408 g/mol. The molecule has 0 amide bonds. The Morgan fingerprint density at radius 1 is 1.29 bits per heavy atom. The first-order chi connectivity index (χ1) is 11.6. The summed E-state index contributed by atoms with van der Waals surface area (Å²) < 4.78 is 23.9. The zero-order chi connectivity index (χ0) is 16.9. The van der Waals surface area contributed by atoms with Gasteiger partial charge in [-0.15, -0.1) is 11.3 Å². The summed E-state index contributed by atoms with van der Waals surface area (Å²) >= 11 is 4.59. The molecular formula is C17H11BrFNO3S. The standard InChI is InChI=1S/C17H11BrFNO3S/c18-15-7-5-14(23-15)6-8-16(21)22-9-13-10-24-17(20-13)11-1-3-12(19)4-2-11/h1-8,10H,9H2/b8-6+. The quantitative estimate of drug-likeness (QED) is 0.438. The summed E-state index contributed by atoms with van der Waals surface area (Å²) in [5, 5.41) is 2.55. The first-order valence-electron chi connectivity index (χ1n) is 6.91. The maximum Gasteiger partial charge on any atom is 0.331 e. The van der Waals surface area contributed by atoms with Crippen LogP contribution in [0.25, 0.3) is 16.6 Å². The lowest BCUT2D eigenvalue weighted by Crippen LogP contribution is -2.00. The molecule has 0 aliphatic heterocycles. The number of ether oxygens (including phenoxy) is 1. The summed E-state index contributed by atoms with van der Waals surface area (Å²) in [4.78, 5) is 16.1. The lowest BCUT2D eigenvalue weighted by molar-refractivity contribution is -0.139. The molecule has 7 heteroatoms. The fraction of sp³-hybridized carbons (Fsp3) is 0.0588. The van der Waals surface area contributed by atoms with Crippen LogP contribution in [-0.2, 0) is 16.1 Å². The molecule has 4 nitrogen and oxygen atoms in total. The Balaban J connectivity index is 1.56. The molecule has 3 aromatic rings. The minimum absolute atomic E-state index is 0.0721. The van der Waals surface area contributed by atoms with Crippen LogP contribution in [0.15, 0.2) is 56.9 Å². The lowest BCUT2D eigenvalue weighted by Gasteiger charge is -1.98. The van der Waals surface area contributed by atoms with Gasteiger partial charge in [0.15, 0.2) is 4.67 Å². The van der Waals surface area contributed by atoms with Crippen molar-refractivity contribution in [1.82, 2.24) is 4.98 Å². The Morgan fingerprint density at radius 3 is 2.79 bits per heavy atom. The molecule has 0 aliphatic carbocycles. The summed E-state index contributed by atoms with van der Waals surface area (Å²) in [5.74, 6) is -0.232. The summed E-state index contributed by atoms with van der Waals surface area (Å²) in [6.07, 6.45) is 2.82. The van der Waals surface area contributed by atoms with E-state index in [9.17, 15) is 9.18 Å². The van der Waals surface area contributed by atoms with Crippen LogP contribution >= 0.6 is 27.3 Å². The monoisotopic (exact) mass is 407 g/mol. The van der Waals surface area contributed by atoms with Gasteiger partial charge in [0.2, 0.25) is 0 Å². The van der Waals surface area contributed by atoms with Gasteiger partial charge in [0.1, 0.15) is 23.2 Å². The minimum atomic E-state index is -0.487. The second-order valence-electron chi connectivity index (χ2n) is 4.73. The number of thiazole rings is 1. The molecule has 24 heavy (non-hydrogen) atoms. The van der Waals surface area contributed by atoms with Gasteiger partial charge >= 0.3 is 5.97 Å². The molecule has 0 saturated heterocycles. The van der Waals surface area contributed by atoms with Gasteiger partial charge in [-0.2, -0.15) is 0 Å². The van der Waals surface area contributed by atoms with Gasteiger partial charge in [-0.05, 0) is 58.4 Å². The van der Waals surface area contributed by atoms with Crippen LogP contribution < -0.4 is 0 Å². The van der Waals surface area contributed by atoms with Crippen molar-refractivity contribution in [3.63, 3.8) is 0 Å². The average Bonchev–Trinajstić information content (AvgIpc) is 3.21. The molecule has 3 rings (SSSR count). The highest BCUT2D eigenvalue weighted by atomic mass is 79.9. The van der Waals surface area contributed by atoms with Crippen LogP contribution in [0, 0.1) is 5.82 Å². The van der Waals surface area contributed by atoms with E-state index in [-0.39, 0.29) is 12.4 Å². The highest BCUT2D eigenvalue weighted by Gasteiger charge is 2.07. The van der Waals surface area contributed by atoms with Crippen LogP contribution in [0.2, 0.25) is 0 Å². The summed E-state index contributed by atoms with van der Waals surface area (Å²) in [7, 11) is 0. The van der Waals surface area contributed by atoms with Gasteiger partial charge < -0.3 is 9.15 Å². The van der Waals surface area contributed by atoms with E-state index in [1.54, 1.807) is 29.6 Å². The van der Waals surface area contributed by atoms with E-state index in [0.29, 0.717) is 16.1 Å². The highest BCUT2D eigenvalue weighted by molar-refractivity contribution is 9.10. The zero-order valence-corrected chi connectivity index (χ0v) is 14.6. The SMILES string of the molecule is O=C(/C=C/c1ccc(Br)o1)OCc1csc(-c2ccc(F)cc2)n1. The summed E-state index contributed by atoms with van der Waals surface area (Å²) in [5.41, 5.74) is 1.46. The molecule has 0 fully saturated rings. The Bertz CT molecular complexity index is 870. The van der Waals surface area contributed by atoms with E-state index in [0.717, 1.165) is 10.6 Å². The van der Waals surface area contributed by atoms with Crippen LogP contribution in [0.5, 0.6) is 0 Å². The maximum absolute atomic E-state index is 12.9. The van der Waals surface area contributed by atoms with Crippen LogP contribution in [0.1, 0.15) is 11.5 Å². The van der Waals surface area contributed by atoms with Crippen molar-refractivity contribution in [3.05, 3.63) is 69.8 Å². The molecule has 2 aromatic heterocycles. The van der Waals surface area contributed by atoms with Crippen molar-refractivity contribution in [2.75, 3.05) is 0 Å². The third-order valence-corrected chi connectivity index (χ3v) is 4.35. The molecular weight excluding hydrogens is 397 g/mol. The molecule has 122 valence electrons. The number of hydrogen-bond donors (Lipinski definition) is 0. The van der Waals surface area contributed by atoms with Crippen molar-refractivity contribution in [2.45, 2.75) is 6.61 Å². The van der Waals surface area contributed by atoms with E-state index < -0.39 is 5.97 Å². The van der Waals surface area contributed by atoms with Gasteiger partial charge in [-0.3, -0.25) is 0 Å². The third-order valence-electron chi connectivity index (χ3n) is 2.98. The number of halogens is 2. The molecule has 0 radical (unpaired) electrons. The topological polar surface area (TPSA) is 52.3 Å². The molecule has 0 bridgehead atoms. The predicted octanol–water partition coefficient (Wildman–Crippen LogP) is 5.06. The number of esters is 1. The van der Waals surface area contributed by atoms with Crippen molar-refractivity contribution in [3.8, 4) is 10.6 Å². The van der Waals surface area contributed by atoms with E-state index in [1.807, 2.05) is 0 Å². The molecule has 0 saturated carbocycles. The third kappa shape index (κ3) is 4.39. The van der Waals surface area contributed by atoms with Crippen molar-refractivity contribution < 1.29 is 18.3 Å². The largest absolute Gasteiger partial charge is 0.456 e. The number of nitrogens with zero attached hydrogens (tertiary/aromatic N) is 1. The highest BCUT2D eigenvalue weighted by Crippen LogP contribution is 2.24. The van der Waals surface area contributed by atoms with E-state index in [4.69, 9.17) is 9.15 Å². The molecule has 0 spiro atoms. The number of hydrogen-bond acceptors (Lipinski definition) is 5. The molecule has 0 N–H and O–H groups in total. The van der Waals surface area contributed by atoms with Gasteiger partial charge in [-0.1, -0.05) is 0 Å².